The number of halogens is 2. The van der Waals surface area contributed by atoms with Crippen LogP contribution in [0.15, 0.2) is 38.6 Å². The first-order chi connectivity index (χ1) is 8.06. The third kappa shape index (κ3) is 2.83. The SMILES string of the molecule is O=c1[nH]c(=O)n(Cc2ccc(Br)cn2)cc1Cl. The Hall–Kier alpha value is -1.40. The van der Waals surface area contributed by atoms with E-state index in [1.807, 2.05) is 6.07 Å². The number of aromatic amines is 1. The van der Waals surface area contributed by atoms with Crippen LogP contribution in [-0.4, -0.2) is 14.5 Å². The highest BCUT2D eigenvalue weighted by Gasteiger charge is 2.03. The van der Waals surface area contributed by atoms with Crippen molar-refractivity contribution >= 4 is 27.5 Å². The Morgan fingerprint density at radius 3 is 2.82 bits per heavy atom. The average Bonchev–Trinajstić information content (AvgIpc) is 2.29. The molecule has 0 saturated carbocycles. The third-order valence-corrected chi connectivity index (χ3v) is 2.83. The molecule has 88 valence electrons. The highest BCUT2D eigenvalue weighted by atomic mass is 79.9. The van der Waals surface area contributed by atoms with Crippen molar-refractivity contribution in [2.75, 3.05) is 0 Å². The molecule has 0 radical (unpaired) electrons. The van der Waals surface area contributed by atoms with Crippen molar-refractivity contribution in [3.05, 3.63) is 60.6 Å². The zero-order chi connectivity index (χ0) is 12.4. The van der Waals surface area contributed by atoms with Crippen LogP contribution in [0.4, 0.5) is 0 Å². The van der Waals surface area contributed by atoms with E-state index in [2.05, 4.69) is 25.9 Å². The third-order valence-electron chi connectivity index (χ3n) is 2.09. The van der Waals surface area contributed by atoms with Crippen molar-refractivity contribution in [2.45, 2.75) is 6.54 Å². The monoisotopic (exact) mass is 315 g/mol. The fourth-order valence-electron chi connectivity index (χ4n) is 1.27. The van der Waals surface area contributed by atoms with Crippen LogP contribution in [0.3, 0.4) is 0 Å². The maximum Gasteiger partial charge on any atom is 0.328 e. The molecular weight excluding hydrogens is 309 g/mol. The molecule has 0 aromatic carbocycles. The van der Waals surface area contributed by atoms with E-state index in [1.165, 1.54) is 10.8 Å². The Balaban J connectivity index is 2.36. The minimum atomic E-state index is -0.586. The second kappa shape index (κ2) is 4.85. The maximum absolute atomic E-state index is 11.5. The van der Waals surface area contributed by atoms with E-state index in [0.717, 1.165) is 4.47 Å². The fraction of sp³-hybridized carbons (Fsp3) is 0.100. The fourth-order valence-corrected chi connectivity index (χ4v) is 1.67. The Morgan fingerprint density at radius 1 is 1.41 bits per heavy atom. The summed E-state index contributed by atoms with van der Waals surface area (Å²) in [7, 11) is 0. The molecule has 0 saturated heterocycles. The topological polar surface area (TPSA) is 67.8 Å². The smallest absolute Gasteiger partial charge is 0.293 e. The van der Waals surface area contributed by atoms with Gasteiger partial charge in [-0.1, -0.05) is 11.6 Å². The second-order valence-electron chi connectivity index (χ2n) is 3.33. The van der Waals surface area contributed by atoms with Gasteiger partial charge in [-0.15, -0.1) is 0 Å². The molecule has 2 aromatic rings. The molecule has 0 fully saturated rings. The highest BCUT2D eigenvalue weighted by Crippen LogP contribution is 2.08. The molecule has 0 atom stereocenters. The van der Waals surface area contributed by atoms with Crippen LogP contribution in [0.25, 0.3) is 0 Å². The van der Waals surface area contributed by atoms with Crippen molar-refractivity contribution in [3.8, 4) is 0 Å². The lowest BCUT2D eigenvalue weighted by Crippen LogP contribution is -2.30. The molecular formula is C10H7BrClN3O2. The molecule has 1 N–H and O–H groups in total. The Morgan fingerprint density at radius 2 is 2.18 bits per heavy atom. The summed E-state index contributed by atoms with van der Waals surface area (Å²) in [6, 6.07) is 3.59. The number of nitrogens with one attached hydrogen (secondary N) is 1. The molecule has 2 rings (SSSR count). The molecule has 0 aliphatic carbocycles. The standard InChI is InChI=1S/C10H7BrClN3O2/c11-6-1-2-7(13-3-6)4-15-5-8(12)9(16)14-10(15)17/h1-3,5H,4H2,(H,14,16,17). The van der Waals surface area contributed by atoms with Gasteiger partial charge in [0.1, 0.15) is 5.02 Å². The first-order valence-corrected chi connectivity index (χ1v) is 5.83. The molecule has 0 spiro atoms. The van der Waals surface area contributed by atoms with Gasteiger partial charge in [-0.05, 0) is 28.1 Å². The summed E-state index contributed by atoms with van der Waals surface area (Å²) in [6.45, 7) is 0.253. The summed E-state index contributed by atoms with van der Waals surface area (Å²) >= 11 is 8.91. The molecule has 0 amide bonds. The quantitative estimate of drug-likeness (QED) is 0.910. The average molecular weight is 317 g/mol. The first kappa shape index (κ1) is 12.1. The molecule has 0 unspecified atom stereocenters. The van der Waals surface area contributed by atoms with Crippen LogP contribution in [0, 0.1) is 0 Å². The van der Waals surface area contributed by atoms with E-state index in [4.69, 9.17) is 11.6 Å². The lowest BCUT2D eigenvalue weighted by Gasteiger charge is -2.04. The van der Waals surface area contributed by atoms with E-state index < -0.39 is 11.2 Å². The first-order valence-electron chi connectivity index (χ1n) is 4.66. The second-order valence-corrected chi connectivity index (χ2v) is 4.65. The molecule has 0 aliphatic heterocycles. The molecule has 5 nitrogen and oxygen atoms in total. The lowest BCUT2D eigenvalue weighted by molar-refractivity contribution is 0.705. The number of hydrogen-bond donors (Lipinski definition) is 1. The van der Waals surface area contributed by atoms with Gasteiger partial charge < -0.3 is 0 Å². The van der Waals surface area contributed by atoms with Gasteiger partial charge in [0.05, 0.1) is 12.2 Å². The number of rotatable bonds is 2. The van der Waals surface area contributed by atoms with Crippen LogP contribution in [0.5, 0.6) is 0 Å². The van der Waals surface area contributed by atoms with E-state index >= 15 is 0 Å². The number of hydrogen-bond acceptors (Lipinski definition) is 3. The van der Waals surface area contributed by atoms with Gasteiger partial charge >= 0.3 is 5.69 Å². The largest absolute Gasteiger partial charge is 0.328 e. The van der Waals surface area contributed by atoms with Crippen LogP contribution >= 0.6 is 27.5 Å². The summed E-state index contributed by atoms with van der Waals surface area (Å²) in [5.74, 6) is 0. The summed E-state index contributed by atoms with van der Waals surface area (Å²) in [5, 5.41) is -0.0262. The molecule has 2 heterocycles. The van der Waals surface area contributed by atoms with Gasteiger partial charge in [0.2, 0.25) is 0 Å². The molecule has 2 aromatic heterocycles. The Kier molecular flexibility index (Phi) is 3.44. The highest BCUT2D eigenvalue weighted by molar-refractivity contribution is 9.10. The van der Waals surface area contributed by atoms with E-state index in [-0.39, 0.29) is 11.6 Å². The van der Waals surface area contributed by atoms with Crippen LogP contribution in [0.1, 0.15) is 5.69 Å². The van der Waals surface area contributed by atoms with Crippen molar-refractivity contribution < 1.29 is 0 Å². The molecule has 7 heteroatoms. The maximum atomic E-state index is 11.5. The van der Waals surface area contributed by atoms with Crippen molar-refractivity contribution in [3.63, 3.8) is 0 Å². The summed E-state index contributed by atoms with van der Waals surface area (Å²) in [4.78, 5) is 28.8. The zero-order valence-corrected chi connectivity index (χ0v) is 10.8. The van der Waals surface area contributed by atoms with Crippen molar-refractivity contribution in [1.82, 2.24) is 14.5 Å². The Labute approximate surface area is 109 Å². The van der Waals surface area contributed by atoms with Crippen molar-refractivity contribution in [1.29, 1.82) is 0 Å². The normalized spacial score (nSPS) is 10.5. The predicted molar refractivity (Wildman–Crippen MR) is 67.4 cm³/mol. The summed E-state index contributed by atoms with van der Waals surface area (Å²) in [6.07, 6.45) is 2.93. The summed E-state index contributed by atoms with van der Waals surface area (Å²) < 4.78 is 2.15. The number of pyridine rings is 1. The van der Waals surface area contributed by atoms with Gasteiger partial charge in [-0.3, -0.25) is 19.3 Å². The lowest BCUT2D eigenvalue weighted by atomic mass is 10.3. The number of H-pyrrole nitrogens is 1. The van der Waals surface area contributed by atoms with Gasteiger partial charge in [0, 0.05) is 16.9 Å². The van der Waals surface area contributed by atoms with Crippen LogP contribution in [-0.2, 0) is 6.54 Å². The van der Waals surface area contributed by atoms with Gasteiger partial charge in [-0.2, -0.15) is 0 Å². The molecule has 17 heavy (non-hydrogen) atoms. The number of nitrogens with zero attached hydrogens (tertiary/aromatic N) is 2. The predicted octanol–water partition coefficient (Wildman–Crippen LogP) is 1.40. The van der Waals surface area contributed by atoms with Crippen LogP contribution < -0.4 is 11.2 Å². The van der Waals surface area contributed by atoms with Gasteiger partial charge in [0.25, 0.3) is 5.56 Å². The van der Waals surface area contributed by atoms with E-state index in [9.17, 15) is 9.59 Å². The van der Waals surface area contributed by atoms with Gasteiger partial charge in [0.15, 0.2) is 0 Å². The zero-order valence-electron chi connectivity index (χ0n) is 8.48. The Bertz CT molecular complexity index is 648. The number of aromatic nitrogens is 3. The molecule has 0 bridgehead atoms. The summed E-state index contributed by atoms with van der Waals surface area (Å²) in [5.41, 5.74) is -0.404. The molecule has 0 aliphatic rings. The van der Waals surface area contributed by atoms with Crippen LogP contribution in [0.2, 0.25) is 5.02 Å². The minimum Gasteiger partial charge on any atom is -0.293 e. The minimum absolute atomic E-state index is 0.0262. The van der Waals surface area contributed by atoms with Crippen molar-refractivity contribution in [2.24, 2.45) is 0 Å². The van der Waals surface area contributed by atoms with E-state index in [0.29, 0.717) is 5.69 Å². The van der Waals surface area contributed by atoms with Gasteiger partial charge in [-0.25, -0.2) is 4.79 Å². The van der Waals surface area contributed by atoms with E-state index in [1.54, 1.807) is 12.3 Å².